The van der Waals surface area contributed by atoms with Crippen LogP contribution < -0.4 is 19.5 Å². The zero-order valence-electron chi connectivity index (χ0n) is 15.9. The number of benzene rings is 2. The van der Waals surface area contributed by atoms with Gasteiger partial charge in [0.15, 0.2) is 17.6 Å². The van der Waals surface area contributed by atoms with Gasteiger partial charge in [0, 0.05) is 6.54 Å². The number of nitrogens with one attached hydrogen (secondary N) is 1. The van der Waals surface area contributed by atoms with Crippen LogP contribution in [0.5, 0.6) is 17.2 Å². The van der Waals surface area contributed by atoms with Crippen LogP contribution in [0.3, 0.4) is 0 Å². The van der Waals surface area contributed by atoms with Crippen molar-refractivity contribution in [2.45, 2.75) is 40.3 Å². The number of ether oxygens (including phenoxy) is 3. The molecule has 0 aliphatic heterocycles. The zero-order chi connectivity index (χ0) is 18.9. The minimum absolute atomic E-state index is 0.169. The summed E-state index contributed by atoms with van der Waals surface area (Å²) in [6.07, 6.45) is -0.577. The highest BCUT2D eigenvalue weighted by Crippen LogP contribution is 2.28. The highest BCUT2D eigenvalue weighted by atomic mass is 16.5. The van der Waals surface area contributed by atoms with Crippen LogP contribution in [-0.2, 0) is 11.3 Å². The van der Waals surface area contributed by atoms with Crippen molar-refractivity contribution >= 4 is 5.91 Å². The van der Waals surface area contributed by atoms with Gasteiger partial charge < -0.3 is 19.5 Å². The molecular weight excluding hydrogens is 330 g/mol. The molecule has 0 aromatic heterocycles. The van der Waals surface area contributed by atoms with Crippen molar-refractivity contribution in [3.8, 4) is 17.2 Å². The third-order valence-corrected chi connectivity index (χ3v) is 3.78. The Balaban J connectivity index is 1.93. The van der Waals surface area contributed by atoms with Crippen LogP contribution in [-0.4, -0.2) is 25.2 Å². The molecule has 0 fully saturated rings. The molecule has 0 aliphatic rings. The fourth-order valence-electron chi connectivity index (χ4n) is 2.41. The Bertz CT molecular complexity index is 712. The van der Waals surface area contributed by atoms with E-state index in [1.807, 2.05) is 63.2 Å². The van der Waals surface area contributed by atoms with Crippen molar-refractivity contribution in [3.05, 3.63) is 53.6 Å². The molecule has 5 heteroatoms. The van der Waals surface area contributed by atoms with Crippen LogP contribution in [0, 0.1) is 6.92 Å². The Hall–Kier alpha value is -2.69. The number of amides is 1. The second kappa shape index (κ2) is 9.70. The fraction of sp³-hybridized carbons (Fsp3) is 0.381. The van der Waals surface area contributed by atoms with Gasteiger partial charge in [-0.15, -0.1) is 0 Å². The summed E-state index contributed by atoms with van der Waals surface area (Å²) in [6, 6.07) is 13.3. The fourth-order valence-corrected chi connectivity index (χ4v) is 2.41. The quantitative estimate of drug-likeness (QED) is 0.740. The molecule has 0 unspecified atom stereocenters. The van der Waals surface area contributed by atoms with E-state index in [4.69, 9.17) is 14.2 Å². The van der Waals surface area contributed by atoms with Crippen LogP contribution >= 0.6 is 0 Å². The minimum atomic E-state index is -0.577. The highest BCUT2D eigenvalue weighted by molar-refractivity contribution is 5.80. The van der Waals surface area contributed by atoms with Gasteiger partial charge >= 0.3 is 0 Å². The van der Waals surface area contributed by atoms with Crippen LogP contribution in [0.1, 0.15) is 31.9 Å². The van der Waals surface area contributed by atoms with E-state index in [0.717, 1.165) is 11.1 Å². The van der Waals surface area contributed by atoms with Gasteiger partial charge in [0.2, 0.25) is 0 Å². The van der Waals surface area contributed by atoms with Crippen LogP contribution in [0.15, 0.2) is 42.5 Å². The maximum atomic E-state index is 12.3. The zero-order valence-corrected chi connectivity index (χ0v) is 15.9. The molecule has 1 N–H and O–H groups in total. The second-order valence-corrected chi connectivity index (χ2v) is 5.94. The first-order chi connectivity index (χ1) is 12.5. The summed E-state index contributed by atoms with van der Waals surface area (Å²) in [5, 5.41) is 2.89. The Kier molecular flexibility index (Phi) is 7.33. The number of carbonyl (C=O) groups excluding carboxylic acids is 1. The monoisotopic (exact) mass is 357 g/mol. The number of hydrogen-bond donors (Lipinski definition) is 1. The Labute approximate surface area is 155 Å². The van der Waals surface area contributed by atoms with E-state index in [1.165, 1.54) is 0 Å². The molecule has 140 valence electrons. The van der Waals surface area contributed by atoms with Crippen molar-refractivity contribution in [1.82, 2.24) is 5.32 Å². The third kappa shape index (κ3) is 5.69. The van der Waals surface area contributed by atoms with Crippen molar-refractivity contribution < 1.29 is 19.0 Å². The van der Waals surface area contributed by atoms with Crippen LogP contribution in [0.25, 0.3) is 0 Å². The summed E-state index contributed by atoms with van der Waals surface area (Å²) >= 11 is 0. The lowest BCUT2D eigenvalue weighted by Crippen LogP contribution is -2.35. The van der Waals surface area contributed by atoms with E-state index in [-0.39, 0.29) is 5.91 Å². The van der Waals surface area contributed by atoms with Gasteiger partial charge in [0.25, 0.3) is 5.91 Å². The average molecular weight is 357 g/mol. The normalized spacial score (nSPS) is 11.5. The Morgan fingerprint density at radius 2 is 1.65 bits per heavy atom. The molecule has 2 aromatic carbocycles. The molecule has 2 aromatic rings. The summed E-state index contributed by atoms with van der Waals surface area (Å²) in [5.74, 6) is 1.90. The molecular formula is C21H27NO4. The first kappa shape index (κ1) is 19.6. The standard InChI is InChI=1S/C21H27NO4/c1-5-24-19-12-9-17(13-20(19)25-6-2)14-22-21(23)16(4)26-18-10-7-15(3)8-11-18/h7-13,16H,5-6,14H2,1-4H3,(H,22,23)/t16-/m0/s1. The smallest absolute Gasteiger partial charge is 0.261 e. The van der Waals surface area contributed by atoms with E-state index in [0.29, 0.717) is 37.0 Å². The van der Waals surface area contributed by atoms with Crippen molar-refractivity contribution in [2.24, 2.45) is 0 Å². The molecule has 2 rings (SSSR count). The largest absolute Gasteiger partial charge is 0.490 e. The summed E-state index contributed by atoms with van der Waals surface area (Å²) < 4.78 is 16.8. The van der Waals surface area contributed by atoms with Gasteiger partial charge in [-0.25, -0.2) is 0 Å². The first-order valence-electron chi connectivity index (χ1n) is 8.93. The first-order valence-corrected chi connectivity index (χ1v) is 8.93. The van der Waals surface area contributed by atoms with Gasteiger partial charge in [-0.2, -0.15) is 0 Å². The third-order valence-electron chi connectivity index (χ3n) is 3.78. The second-order valence-electron chi connectivity index (χ2n) is 5.94. The molecule has 0 aliphatic carbocycles. The van der Waals surface area contributed by atoms with Gasteiger partial charge in [-0.3, -0.25) is 4.79 Å². The van der Waals surface area contributed by atoms with Gasteiger partial charge in [-0.05, 0) is 57.5 Å². The molecule has 1 atom stereocenters. The lowest BCUT2D eigenvalue weighted by molar-refractivity contribution is -0.127. The van der Waals surface area contributed by atoms with Crippen molar-refractivity contribution in [2.75, 3.05) is 13.2 Å². The lowest BCUT2D eigenvalue weighted by atomic mass is 10.2. The summed E-state index contributed by atoms with van der Waals surface area (Å²) in [4.78, 5) is 12.3. The number of aryl methyl sites for hydroxylation is 1. The Morgan fingerprint density at radius 3 is 2.31 bits per heavy atom. The molecule has 0 heterocycles. The molecule has 1 amide bonds. The van der Waals surface area contributed by atoms with Gasteiger partial charge in [0.1, 0.15) is 5.75 Å². The minimum Gasteiger partial charge on any atom is -0.490 e. The van der Waals surface area contributed by atoms with E-state index in [9.17, 15) is 4.79 Å². The molecule has 26 heavy (non-hydrogen) atoms. The lowest BCUT2D eigenvalue weighted by Gasteiger charge is -2.16. The molecule has 5 nitrogen and oxygen atoms in total. The predicted octanol–water partition coefficient (Wildman–Crippen LogP) is 3.88. The highest BCUT2D eigenvalue weighted by Gasteiger charge is 2.15. The molecule has 0 saturated heterocycles. The summed E-state index contributed by atoms with van der Waals surface area (Å²) in [7, 11) is 0. The van der Waals surface area contributed by atoms with E-state index in [2.05, 4.69) is 5.32 Å². The van der Waals surface area contributed by atoms with Crippen LogP contribution in [0.4, 0.5) is 0 Å². The van der Waals surface area contributed by atoms with Gasteiger partial charge in [-0.1, -0.05) is 23.8 Å². The van der Waals surface area contributed by atoms with Crippen molar-refractivity contribution in [1.29, 1.82) is 0 Å². The van der Waals surface area contributed by atoms with Gasteiger partial charge in [0.05, 0.1) is 13.2 Å². The SMILES string of the molecule is CCOc1ccc(CNC(=O)[C@H](C)Oc2ccc(C)cc2)cc1OCC. The number of hydrogen-bond acceptors (Lipinski definition) is 4. The Morgan fingerprint density at radius 1 is 1.00 bits per heavy atom. The number of carbonyl (C=O) groups is 1. The van der Waals surface area contributed by atoms with Crippen LogP contribution in [0.2, 0.25) is 0 Å². The molecule has 0 spiro atoms. The average Bonchev–Trinajstić information content (AvgIpc) is 2.63. The summed E-state index contributed by atoms with van der Waals surface area (Å²) in [6.45, 7) is 9.12. The van der Waals surface area contributed by atoms with E-state index in [1.54, 1.807) is 6.92 Å². The maximum absolute atomic E-state index is 12.3. The molecule has 0 bridgehead atoms. The van der Waals surface area contributed by atoms with E-state index >= 15 is 0 Å². The van der Waals surface area contributed by atoms with Crippen molar-refractivity contribution in [3.63, 3.8) is 0 Å². The maximum Gasteiger partial charge on any atom is 0.261 e. The molecule has 0 radical (unpaired) electrons. The topological polar surface area (TPSA) is 56.8 Å². The molecule has 0 saturated carbocycles. The summed E-state index contributed by atoms with van der Waals surface area (Å²) in [5.41, 5.74) is 2.09. The predicted molar refractivity (Wildman–Crippen MR) is 102 cm³/mol. The van der Waals surface area contributed by atoms with E-state index < -0.39 is 6.10 Å². The number of rotatable bonds is 9.